The van der Waals surface area contributed by atoms with E-state index in [-0.39, 0.29) is 12.5 Å². The van der Waals surface area contributed by atoms with Crippen molar-refractivity contribution in [2.45, 2.75) is 33.2 Å². The standard InChI is InChI=1S/C16H24N2O2/c1-11-7-12(2)16(13(3)8-11)20-10-15(19)18(4)14-5-6-17-9-14/h7-8,14,17H,5-6,9-10H2,1-4H3/t14-/m0/s1. The maximum atomic E-state index is 12.2. The largest absolute Gasteiger partial charge is 0.483 e. The van der Waals surface area contributed by atoms with E-state index in [1.54, 1.807) is 4.90 Å². The van der Waals surface area contributed by atoms with Crippen molar-refractivity contribution >= 4 is 5.91 Å². The number of likely N-dealkylation sites (N-methyl/N-ethyl adjacent to an activating group) is 1. The quantitative estimate of drug-likeness (QED) is 0.912. The molecule has 0 spiro atoms. The second-order valence-electron chi connectivity index (χ2n) is 5.67. The highest BCUT2D eigenvalue weighted by molar-refractivity contribution is 5.78. The minimum Gasteiger partial charge on any atom is -0.483 e. The minimum absolute atomic E-state index is 0.0399. The first-order valence-electron chi connectivity index (χ1n) is 7.16. The number of amides is 1. The Balaban J connectivity index is 1.96. The Hall–Kier alpha value is -1.55. The summed E-state index contributed by atoms with van der Waals surface area (Å²) in [6.07, 6.45) is 1.02. The van der Waals surface area contributed by atoms with Gasteiger partial charge >= 0.3 is 0 Å². The Labute approximate surface area is 121 Å². The predicted octanol–water partition coefficient (Wildman–Crippen LogP) is 1.81. The second kappa shape index (κ2) is 6.27. The number of nitrogens with zero attached hydrogens (tertiary/aromatic N) is 1. The summed E-state index contributed by atoms with van der Waals surface area (Å²) in [7, 11) is 1.86. The third kappa shape index (κ3) is 3.31. The van der Waals surface area contributed by atoms with Crippen LogP contribution in [0.5, 0.6) is 5.75 Å². The van der Waals surface area contributed by atoms with Crippen LogP contribution in [0.2, 0.25) is 0 Å². The molecule has 0 aromatic heterocycles. The zero-order valence-electron chi connectivity index (χ0n) is 12.8. The van der Waals surface area contributed by atoms with Crippen molar-refractivity contribution in [2.24, 2.45) is 0 Å². The highest BCUT2D eigenvalue weighted by Crippen LogP contribution is 2.24. The van der Waals surface area contributed by atoms with Crippen LogP contribution in [0.15, 0.2) is 12.1 Å². The molecule has 2 rings (SSSR count). The number of benzene rings is 1. The van der Waals surface area contributed by atoms with E-state index in [0.717, 1.165) is 36.4 Å². The Morgan fingerprint density at radius 3 is 2.55 bits per heavy atom. The topological polar surface area (TPSA) is 41.6 Å². The van der Waals surface area contributed by atoms with Crippen LogP contribution in [-0.2, 0) is 4.79 Å². The SMILES string of the molecule is Cc1cc(C)c(OCC(=O)N(C)[C@H]2CCNC2)c(C)c1. The van der Waals surface area contributed by atoms with Gasteiger partial charge in [0.15, 0.2) is 6.61 Å². The summed E-state index contributed by atoms with van der Waals surface area (Å²) in [5.41, 5.74) is 3.38. The fourth-order valence-electron chi connectivity index (χ4n) is 2.80. The lowest BCUT2D eigenvalue weighted by atomic mass is 10.1. The maximum absolute atomic E-state index is 12.2. The summed E-state index contributed by atoms with van der Waals surface area (Å²) in [6.45, 7) is 8.08. The minimum atomic E-state index is 0.0399. The number of aryl methyl sites for hydroxylation is 3. The van der Waals surface area contributed by atoms with E-state index in [4.69, 9.17) is 4.74 Å². The lowest BCUT2D eigenvalue weighted by Gasteiger charge is -2.24. The lowest BCUT2D eigenvalue weighted by Crippen LogP contribution is -2.41. The zero-order valence-corrected chi connectivity index (χ0v) is 12.8. The summed E-state index contributed by atoms with van der Waals surface area (Å²) in [6, 6.07) is 4.46. The summed E-state index contributed by atoms with van der Waals surface area (Å²) in [5, 5.41) is 3.27. The van der Waals surface area contributed by atoms with Gasteiger partial charge in [0.05, 0.1) is 0 Å². The van der Waals surface area contributed by atoms with E-state index < -0.39 is 0 Å². The molecule has 4 heteroatoms. The first kappa shape index (κ1) is 14.9. The summed E-state index contributed by atoms with van der Waals surface area (Å²) in [5.74, 6) is 0.875. The molecule has 1 aliphatic heterocycles. The average molecular weight is 276 g/mol. The van der Waals surface area contributed by atoms with Gasteiger partial charge in [0.2, 0.25) is 0 Å². The molecule has 1 N–H and O–H groups in total. The third-order valence-corrected chi connectivity index (χ3v) is 3.92. The van der Waals surface area contributed by atoms with Gasteiger partial charge in [-0.15, -0.1) is 0 Å². The van der Waals surface area contributed by atoms with Gasteiger partial charge in [0, 0.05) is 19.6 Å². The Morgan fingerprint density at radius 1 is 1.35 bits per heavy atom. The van der Waals surface area contributed by atoms with Crippen molar-refractivity contribution < 1.29 is 9.53 Å². The molecule has 1 aromatic carbocycles. The first-order valence-corrected chi connectivity index (χ1v) is 7.16. The summed E-state index contributed by atoms with van der Waals surface area (Å²) in [4.78, 5) is 14.0. The van der Waals surface area contributed by atoms with E-state index in [1.807, 2.05) is 20.9 Å². The van der Waals surface area contributed by atoms with E-state index >= 15 is 0 Å². The molecule has 0 aliphatic carbocycles. The van der Waals surface area contributed by atoms with E-state index in [2.05, 4.69) is 24.4 Å². The van der Waals surface area contributed by atoms with Gasteiger partial charge in [-0.3, -0.25) is 4.79 Å². The molecular weight excluding hydrogens is 252 g/mol. The average Bonchev–Trinajstić information content (AvgIpc) is 2.90. The molecule has 110 valence electrons. The Morgan fingerprint density at radius 2 is 2.00 bits per heavy atom. The molecule has 20 heavy (non-hydrogen) atoms. The lowest BCUT2D eigenvalue weighted by molar-refractivity contribution is -0.133. The van der Waals surface area contributed by atoms with Crippen LogP contribution in [0, 0.1) is 20.8 Å². The van der Waals surface area contributed by atoms with Gasteiger partial charge in [-0.05, 0) is 44.9 Å². The number of carbonyl (C=O) groups is 1. The van der Waals surface area contributed by atoms with Crippen molar-refractivity contribution in [1.29, 1.82) is 0 Å². The van der Waals surface area contributed by atoms with Gasteiger partial charge in [0.1, 0.15) is 5.75 Å². The molecule has 0 bridgehead atoms. The van der Waals surface area contributed by atoms with Crippen LogP contribution in [0.4, 0.5) is 0 Å². The van der Waals surface area contributed by atoms with Crippen LogP contribution in [0.3, 0.4) is 0 Å². The van der Waals surface area contributed by atoms with Gasteiger partial charge in [0.25, 0.3) is 5.91 Å². The number of nitrogens with one attached hydrogen (secondary N) is 1. The molecule has 4 nitrogen and oxygen atoms in total. The fraction of sp³-hybridized carbons (Fsp3) is 0.562. The molecule has 1 atom stereocenters. The molecule has 0 unspecified atom stereocenters. The molecule has 1 aromatic rings. The van der Waals surface area contributed by atoms with E-state index in [1.165, 1.54) is 5.56 Å². The molecule has 1 fully saturated rings. The van der Waals surface area contributed by atoms with Crippen LogP contribution in [0.1, 0.15) is 23.1 Å². The normalized spacial score (nSPS) is 18.1. The molecule has 0 saturated carbocycles. The molecule has 0 radical (unpaired) electrons. The first-order chi connectivity index (χ1) is 9.49. The highest BCUT2D eigenvalue weighted by atomic mass is 16.5. The number of carbonyl (C=O) groups excluding carboxylic acids is 1. The number of hydrogen-bond acceptors (Lipinski definition) is 3. The van der Waals surface area contributed by atoms with Crippen molar-refractivity contribution in [3.05, 3.63) is 28.8 Å². The van der Waals surface area contributed by atoms with Crippen molar-refractivity contribution in [3.63, 3.8) is 0 Å². The van der Waals surface area contributed by atoms with Crippen molar-refractivity contribution in [3.8, 4) is 5.75 Å². The predicted molar refractivity (Wildman–Crippen MR) is 80.2 cm³/mol. The van der Waals surface area contributed by atoms with Crippen LogP contribution in [-0.4, -0.2) is 43.6 Å². The molecule has 1 heterocycles. The van der Waals surface area contributed by atoms with Gasteiger partial charge < -0.3 is 15.0 Å². The second-order valence-corrected chi connectivity index (χ2v) is 5.67. The number of ether oxygens (including phenoxy) is 1. The smallest absolute Gasteiger partial charge is 0.260 e. The number of hydrogen-bond donors (Lipinski definition) is 1. The third-order valence-electron chi connectivity index (χ3n) is 3.92. The van der Waals surface area contributed by atoms with Gasteiger partial charge in [-0.2, -0.15) is 0 Å². The molecule has 1 aliphatic rings. The van der Waals surface area contributed by atoms with Crippen molar-refractivity contribution in [1.82, 2.24) is 10.2 Å². The molecule has 1 saturated heterocycles. The highest BCUT2D eigenvalue weighted by Gasteiger charge is 2.23. The van der Waals surface area contributed by atoms with Crippen LogP contribution >= 0.6 is 0 Å². The zero-order chi connectivity index (χ0) is 14.7. The summed E-state index contributed by atoms with van der Waals surface area (Å²) >= 11 is 0. The monoisotopic (exact) mass is 276 g/mol. The van der Waals surface area contributed by atoms with Crippen LogP contribution < -0.4 is 10.1 Å². The van der Waals surface area contributed by atoms with E-state index in [9.17, 15) is 4.79 Å². The van der Waals surface area contributed by atoms with Crippen LogP contribution in [0.25, 0.3) is 0 Å². The van der Waals surface area contributed by atoms with Gasteiger partial charge in [-0.1, -0.05) is 17.7 Å². The van der Waals surface area contributed by atoms with E-state index in [0.29, 0.717) is 6.04 Å². The maximum Gasteiger partial charge on any atom is 0.260 e. The fourth-order valence-corrected chi connectivity index (χ4v) is 2.80. The number of rotatable bonds is 4. The van der Waals surface area contributed by atoms with Crippen molar-refractivity contribution in [2.75, 3.05) is 26.7 Å². The Bertz CT molecular complexity index is 470. The van der Waals surface area contributed by atoms with Gasteiger partial charge in [-0.25, -0.2) is 0 Å². The Kier molecular flexibility index (Phi) is 4.65. The molecule has 1 amide bonds. The summed E-state index contributed by atoms with van der Waals surface area (Å²) < 4.78 is 5.75. The molecular formula is C16H24N2O2.